The highest BCUT2D eigenvalue weighted by atomic mass is 28.3. The molecule has 0 aromatic rings. The first-order valence-electron chi connectivity index (χ1n) is 10.8. The molecule has 0 heterocycles. The van der Waals surface area contributed by atoms with Crippen LogP contribution in [0, 0.1) is 22.7 Å². The van der Waals surface area contributed by atoms with Crippen molar-refractivity contribution < 1.29 is 29.7 Å². The molecule has 0 saturated heterocycles. The third kappa shape index (κ3) is 6.06. The van der Waals surface area contributed by atoms with Crippen LogP contribution in [0.2, 0.25) is 77.1 Å². The van der Waals surface area contributed by atoms with Crippen LogP contribution in [0.4, 0.5) is 0 Å². The Bertz CT molecular complexity index is 670. The van der Waals surface area contributed by atoms with Gasteiger partial charge in [-0.2, -0.15) is 0 Å². The Kier molecular flexibility index (Phi) is 7.71. The number of hydrogen-bond acceptors (Lipinski definition) is 3. The Morgan fingerprint density at radius 2 is 1.13 bits per heavy atom. The number of carboxylic acid groups (broad SMARTS) is 3. The normalized spacial score (nSPS) is 27.5. The first kappa shape index (κ1) is 27.1. The maximum Gasteiger partial charge on any atom is 0.309 e. The van der Waals surface area contributed by atoms with Crippen molar-refractivity contribution in [2.24, 2.45) is 22.7 Å². The number of carbonyl (C=O) groups is 3. The highest BCUT2D eigenvalue weighted by Crippen LogP contribution is 2.65. The van der Waals surface area contributed by atoms with Gasteiger partial charge in [0.05, 0.1) is 17.3 Å². The zero-order valence-electron chi connectivity index (χ0n) is 20.3. The second kappa shape index (κ2) is 8.54. The minimum Gasteiger partial charge on any atom is -0.481 e. The van der Waals surface area contributed by atoms with E-state index in [0.717, 1.165) is 0 Å². The van der Waals surface area contributed by atoms with Crippen molar-refractivity contribution in [1.82, 2.24) is 0 Å². The van der Waals surface area contributed by atoms with Crippen LogP contribution in [0.25, 0.3) is 0 Å². The smallest absolute Gasteiger partial charge is 0.309 e. The van der Waals surface area contributed by atoms with Crippen LogP contribution in [0.5, 0.6) is 0 Å². The summed E-state index contributed by atoms with van der Waals surface area (Å²) >= 11 is 0. The van der Waals surface area contributed by atoms with Crippen molar-refractivity contribution in [2.45, 2.75) is 89.9 Å². The van der Waals surface area contributed by atoms with Crippen LogP contribution in [0.15, 0.2) is 0 Å². The summed E-state index contributed by atoms with van der Waals surface area (Å²) in [5, 5.41) is 30.9. The van der Waals surface area contributed by atoms with Crippen molar-refractivity contribution in [3.05, 3.63) is 0 Å². The molecule has 1 rings (SSSR count). The van der Waals surface area contributed by atoms with E-state index < -0.39 is 64.8 Å². The fourth-order valence-electron chi connectivity index (χ4n) is 6.15. The molecule has 0 amide bonds. The lowest BCUT2D eigenvalue weighted by Gasteiger charge is -2.60. The van der Waals surface area contributed by atoms with Gasteiger partial charge in [0.25, 0.3) is 0 Å². The molecular weight excluding hydrogens is 432 g/mol. The molecule has 1 saturated carbocycles. The monoisotopic (exact) mass is 474 g/mol. The molecule has 1 aliphatic carbocycles. The molecule has 0 spiro atoms. The van der Waals surface area contributed by atoms with Gasteiger partial charge in [-0.15, -0.1) is 0 Å². The van der Waals surface area contributed by atoms with E-state index >= 15 is 0 Å². The molecule has 0 aromatic carbocycles. The van der Waals surface area contributed by atoms with Gasteiger partial charge in [-0.3, -0.25) is 14.4 Å². The van der Waals surface area contributed by atoms with Crippen LogP contribution in [-0.2, 0) is 14.4 Å². The molecule has 9 heteroatoms. The number of carboxylic acids is 3. The first-order chi connectivity index (χ1) is 13.2. The fraction of sp³-hybridized carbons (Fsp3) is 0.857. The summed E-state index contributed by atoms with van der Waals surface area (Å²) in [6.07, 6.45) is 0.0705. The summed E-state index contributed by atoms with van der Waals surface area (Å²) in [6, 6.07) is 1.62. The topological polar surface area (TPSA) is 112 Å². The highest BCUT2D eigenvalue weighted by molar-refractivity contribution is 6.78. The van der Waals surface area contributed by atoms with Crippen molar-refractivity contribution in [2.75, 3.05) is 0 Å². The van der Waals surface area contributed by atoms with Gasteiger partial charge < -0.3 is 15.3 Å². The van der Waals surface area contributed by atoms with Gasteiger partial charge in [-0.25, -0.2) is 0 Å². The van der Waals surface area contributed by atoms with E-state index in [9.17, 15) is 29.7 Å². The predicted octanol–water partition coefficient (Wildman–Crippen LogP) is 5.25. The molecule has 3 N–H and O–H groups in total. The van der Waals surface area contributed by atoms with Gasteiger partial charge in [0, 0.05) is 24.2 Å². The molecule has 3 atom stereocenters. The molecule has 1 fully saturated rings. The Hall–Kier alpha value is -0.939. The van der Waals surface area contributed by atoms with Gasteiger partial charge >= 0.3 is 17.9 Å². The second-order valence-corrected chi connectivity index (χ2v) is 29.5. The lowest BCUT2D eigenvalue weighted by atomic mass is 9.51. The van der Waals surface area contributed by atoms with Gasteiger partial charge in [0.2, 0.25) is 0 Å². The zero-order valence-corrected chi connectivity index (χ0v) is 23.3. The van der Waals surface area contributed by atoms with Crippen LogP contribution >= 0.6 is 0 Å². The van der Waals surface area contributed by atoms with Gasteiger partial charge in [-0.05, 0) is 24.3 Å². The van der Waals surface area contributed by atoms with Gasteiger partial charge in [0.15, 0.2) is 0 Å². The maximum atomic E-state index is 13.1. The second-order valence-electron chi connectivity index (χ2n) is 13.1. The molecule has 0 aliphatic heterocycles. The third-order valence-corrected chi connectivity index (χ3v) is 11.4. The lowest BCUT2D eigenvalue weighted by molar-refractivity contribution is -0.177. The van der Waals surface area contributed by atoms with Gasteiger partial charge in [-0.1, -0.05) is 71.0 Å². The van der Waals surface area contributed by atoms with Crippen molar-refractivity contribution in [3.63, 3.8) is 0 Å². The summed E-state index contributed by atoms with van der Waals surface area (Å²) in [7, 11) is -5.78. The van der Waals surface area contributed by atoms with E-state index in [1.54, 1.807) is 0 Å². The predicted molar refractivity (Wildman–Crippen MR) is 128 cm³/mol. The molecule has 174 valence electrons. The molecule has 3 unspecified atom stereocenters. The molecule has 1 aliphatic rings. The van der Waals surface area contributed by atoms with Crippen molar-refractivity contribution in [3.8, 4) is 0 Å². The van der Waals surface area contributed by atoms with Crippen LogP contribution in [-0.4, -0.2) is 57.4 Å². The summed E-state index contributed by atoms with van der Waals surface area (Å²) < 4.78 is 0. The Balaban J connectivity index is 4.03. The Labute approximate surface area is 184 Å². The molecule has 0 radical (unpaired) electrons. The van der Waals surface area contributed by atoms with E-state index in [2.05, 4.69) is 58.9 Å². The molecule has 30 heavy (non-hydrogen) atoms. The summed E-state index contributed by atoms with van der Waals surface area (Å²) in [4.78, 5) is 37.8. The quantitative estimate of drug-likeness (QED) is 0.393. The van der Waals surface area contributed by atoms with Crippen molar-refractivity contribution in [1.29, 1.82) is 0 Å². The first-order valence-corrected chi connectivity index (χ1v) is 22.0. The van der Waals surface area contributed by atoms with Crippen molar-refractivity contribution >= 4 is 42.1 Å². The summed E-state index contributed by atoms with van der Waals surface area (Å²) in [6.45, 7) is 19.3. The Morgan fingerprint density at radius 1 is 0.733 bits per heavy atom. The lowest BCUT2D eigenvalue weighted by Crippen LogP contribution is -2.63. The minimum absolute atomic E-state index is 0.0281. The van der Waals surface area contributed by atoms with Crippen LogP contribution in [0.3, 0.4) is 0 Å². The number of aliphatic carboxylic acids is 3. The van der Waals surface area contributed by atoms with E-state index in [4.69, 9.17) is 0 Å². The minimum atomic E-state index is -1.98. The summed E-state index contributed by atoms with van der Waals surface area (Å²) in [5.41, 5.74) is -2.23. The van der Waals surface area contributed by atoms with Crippen LogP contribution < -0.4 is 0 Å². The molecule has 0 aromatic heterocycles. The SMILES string of the molecule is C[Si](C)(C)CC1(C(=O)O)CC(C(=O)O)CC(C(=O)O)C1(C[Si](C)(C)C)C[Si](C)(C)C. The van der Waals surface area contributed by atoms with E-state index in [-0.39, 0.29) is 12.8 Å². The maximum absolute atomic E-state index is 13.1. The highest BCUT2D eigenvalue weighted by Gasteiger charge is 2.67. The summed E-state index contributed by atoms with van der Waals surface area (Å²) in [5.74, 6) is -4.97. The van der Waals surface area contributed by atoms with Gasteiger partial charge in [0.1, 0.15) is 0 Å². The van der Waals surface area contributed by atoms with E-state index in [0.29, 0.717) is 18.1 Å². The largest absolute Gasteiger partial charge is 0.481 e. The third-order valence-electron chi connectivity index (χ3n) is 6.32. The van der Waals surface area contributed by atoms with E-state index in [1.807, 2.05) is 0 Å². The molecule has 0 bridgehead atoms. The average Bonchev–Trinajstić information content (AvgIpc) is 2.43. The standard InChI is InChI=1S/C21H42O6Si3/c1-28(2,3)12-20(19(26)27)11-15(17(22)23)10-16(18(24)25)21(20,13-29(4,5)6)14-30(7,8)9/h15-16H,10-14H2,1-9H3,(H,22,23)(H,24,25)(H,26,27). The molecular formula is C21H42O6Si3. The number of hydrogen-bond donors (Lipinski definition) is 3. The van der Waals surface area contributed by atoms with E-state index in [1.165, 1.54) is 0 Å². The number of rotatable bonds is 9. The fourth-order valence-corrected chi connectivity index (χ4v) is 14.1. The van der Waals surface area contributed by atoms with Crippen LogP contribution in [0.1, 0.15) is 12.8 Å². The molecule has 6 nitrogen and oxygen atoms in total. The average molecular weight is 475 g/mol. The zero-order chi connectivity index (χ0) is 23.9. The Morgan fingerprint density at radius 3 is 1.40 bits per heavy atom.